The summed E-state index contributed by atoms with van der Waals surface area (Å²) >= 11 is 0. The Morgan fingerprint density at radius 1 is 1.26 bits per heavy atom. The molecule has 27 heavy (non-hydrogen) atoms. The minimum atomic E-state index is -0.265. The van der Waals surface area contributed by atoms with E-state index in [0.717, 1.165) is 36.1 Å². The molecule has 3 heterocycles. The van der Waals surface area contributed by atoms with Crippen LogP contribution in [-0.4, -0.2) is 46.0 Å². The van der Waals surface area contributed by atoms with E-state index in [0.29, 0.717) is 25.9 Å². The SMILES string of the molecule is O=C1CCC(CC(=O)N2CCC(c3[nH]ncc3-c3cccc(F)c3)CC2)N1. The highest BCUT2D eigenvalue weighted by Crippen LogP contribution is 2.34. The van der Waals surface area contributed by atoms with Crippen molar-refractivity contribution in [2.75, 3.05) is 13.1 Å². The number of carbonyl (C=O) groups excluding carboxylic acids is 2. The van der Waals surface area contributed by atoms with Crippen LogP contribution in [0.3, 0.4) is 0 Å². The lowest BCUT2D eigenvalue weighted by atomic mass is 9.89. The van der Waals surface area contributed by atoms with Crippen molar-refractivity contribution in [1.82, 2.24) is 20.4 Å². The van der Waals surface area contributed by atoms with Crippen molar-refractivity contribution in [3.05, 3.63) is 42.0 Å². The fraction of sp³-hybridized carbons (Fsp3) is 0.450. The number of rotatable bonds is 4. The second-order valence-corrected chi connectivity index (χ2v) is 7.37. The first kappa shape index (κ1) is 17.7. The summed E-state index contributed by atoms with van der Waals surface area (Å²) < 4.78 is 13.6. The Kier molecular flexibility index (Phi) is 4.92. The van der Waals surface area contributed by atoms with Crippen molar-refractivity contribution in [2.24, 2.45) is 0 Å². The van der Waals surface area contributed by atoms with E-state index in [1.807, 2.05) is 11.0 Å². The van der Waals surface area contributed by atoms with Gasteiger partial charge in [0.25, 0.3) is 0 Å². The lowest BCUT2D eigenvalue weighted by Crippen LogP contribution is -2.41. The van der Waals surface area contributed by atoms with Crippen molar-refractivity contribution in [2.45, 2.75) is 44.1 Å². The first-order valence-electron chi connectivity index (χ1n) is 9.46. The Labute approximate surface area is 157 Å². The largest absolute Gasteiger partial charge is 0.353 e. The Balaban J connectivity index is 1.38. The zero-order chi connectivity index (χ0) is 18.8. The second-order valence-electron chi connectivity index (χ2n) is 7.37. The van der Waals surface area contributed by atoms with Crippen molar-refractivity contribution < 1.29 is 14.0 Å². The van der Waals surface area contributed by atoms with Crippen LogP contribution in [0.1, 0.15) is 43.7 Å². The topological polar surface area (TPSA) is 78.1 Å². The summed E-state index contributed by atoms with van der Waals surface area (Å²) in [5.74, 6) is 0.145. The van der Waals surface area contributed by atoms with Crippen LogP contribution in [0.5, 0.6) is 0 Å². The summed E-state index contributed by atoms with van der Waals surface area (Å²) in [4.78, 5) is 25.7. The zero-order valence-corrected chi connectivity index (χ0v) is 15.1. The first-order valence-corrected chi connectivity index (χ1v) is 9.46. The van der Waals surface area contributed by atoms with Crippen LogP contribution in [0.25, 0.3) is 11.1 Å². The van der Waals surface area contributed by atoms with Gasteiger partial charge < -0.3 is 10.2 Å². The molecule has 2 aliphatic rings. The summed E-state index contributed by atoms with van der Waals surface area (Å²) in [5.41, 5.74) is 2.75. The Bertz CT molecular complexity index is 842. The molecule has 2 aromatic rings. The van der Waals surface area contributed by atoms with E-state index in [-0.39, 0.29) is 29.6 Å². The van der Waals surface area contributed by atoms with Gasteiger partial charge >= 0.3 is 0 Å². The van der Waals surface area contributed by atoms with E-state index in [4.69, 9.17) is 0 Å². The highest BCUT2D eigenvalue weighted by atomic mass is 19.1. The number of amides is 2. The number of H-pyrrole nitrogens is 1. The maximum Gasteiger partial charge on any atom is 0.224 e. The summed E-state index contributed by atoms with van der Waals surface area (Å²) in [5, 5.41) is 10.1. The number of halogens is 1. The molecular weight excluding hydrogens is 347 g/mol. The number of hydrogen-bond donors (Lipinski definition) is 2. The Morgan fingerprint density at radius 3 is 2.78 bits per heavy atom. The number of hydrogen-bond acceptors (Lipinski definition) is 3. The third-order valence-electron chi connectivity index (χ3n) is 5.57. The molecule has 2 aliphatic heterocycles. The lowest BCUT2D eigenvalue weighted by molar-refractivity contribution is -0.132. The zero-order valence-electron chi connectivity index (χ0n) is 15.1. The minimum Gasteiger partial charge on any atom is -0.353 e. The van der Waals surface area contributed by atoms with Crippen LogP contribution in [0.15, 0.2) is 30.5 Å². The molecule has 1 aromatic heterocycles. The normalized spacial score (nSPS) is 20.7. The van der Waals surface area contributed by atoms with Gasteiger partial charge in [-0.3, -0.25) is 14.7 Å². The van der Waals surface area contributed by atoms with Gasteiger partial charge in [0.2, 0.25) is 11.8 Å². The Morgan fingerprint density at radius 2 is 2.07 bits per heavy atom. The molecule has 2 N–H and O–H groups in total. The Hall–Kier alpha value is -2.70. The minimum absolute atomic E-state index is 0.0186. The van der Waals surface area contributed by atoms with Gasteiger partial charge in [0.05, 0.1) is 6.20 Å². The number of likely N-dealkylation sites (tertiary alicyclic amines) is 1. The van der Waals surface area contributed by atoms with Gasteiger partial charge in [-0.25, -0.2) is 4.39 Å². The number of carbonyl (C=O) groups is 2. The van der Waals surface area contributed by atoms with Crippen molar-refractivity contribution in [3.63, 3.8) is 0 Å². The van der Waals surface area contributed by atoms with E-state index in [9.17, 15) is 14.0 Å². The first-order chi connectivity index (χ1) is 13.1. The molecule has 0 aliphatic carbocycles. The monoisotopic (exact) mass is 370 g/mol. The maximum absolute atomic E-state index is 13.6. The molecule has 142 valence electrons. The molecule has 2 saturated heterocycles. The van der Waals surface area contributed by atoms with E-state index in [1.54, 1.807) is 12.3 Å². The van der Waals surface area contributed by atoms with Gasteiger partial charge in [-0.15, -0.1) is 0 Å². The van der Waals surface area contributed by atoms with Gasteiger partial charge in [0.15, 0.2) is 0 Å². The maximum atomic E-state index is 13.6. The van der Waals surface area contributed by atoms with Gasteiger partial charge in [-0.1, -0.05) is 12.1 Å². The van der Waals surface area contributed by atoms with Gasteiger partial charge in [0, 0.05) is 49.1 Å². The highest BCUT2D eigenvalue weighted by molar-refractivity contribution is 5.82. The molecule has 4 rings (SSSR count). The number of aromatic amines is 1. The molecule has 0 radical (unpaired) electrons. The summed E-state index contributed by atoms with van der Waals surface area (Å²) in [6.45, 7) is 1.37. The van der Waals surface area contributed by atoms with Gasteiger partial charge in [-0.05, 0) is 37.0 Å². The third-order valence-corrected chi connectivity index (χ3v) is 5.57. The molecule has 1 atom stereocenters. The lowest BCUT2D eigenvalue weighted by Gasteiger charge is -2.32. The van der Waals surface area contributed by atoms with Crippen LogP contribution >= 0.6 is 0 Å². The quantitative estimate of drug-likeness (QED) is 0.868. The van der Waals surface area contributed by atoms with Crippen LogP contribution in [-0.2, 0) is 9.59 Å². The number of benzene rings is 1. The number of piperidine rings is 1. The molecule has 6 nitrogen and oxygen atoms in total. The predicted octanol–water partition coefficient (Wildman–Crippen LogP) is 2.59. The third kappa shape index (κ3) is 3.86. The van der Waals surface area contributed by atoms with Crippen molar-refractivity contribution in [1.29, 1.82) is 0 Å². The molecular formula is C20H23FN4O2. The van der Waals surface area contributed by atoms with E-state index in [2.05, 4.69) is 15.5 Å². The molecule has 0 spiro atoms. The van der Waals surface area contributed by atoms with Crippen LogP contribution < -0.4 is 5.32 Å². The molecule has 7 heteroatoms. The van der Waals surface area contributed by atoms with Gasteiger partial charge in [-0.2, -0.15) is 5.10 Å². The highest BCUT2D eigenvalue weighted by Gasteiger charge is 2.29. The smallest absolute Gasteiger partial charge is 0.224 e. The van der Waals surface area contributed by atoms with Crippen molar-refractivity contribution in [3.8, 4) is 11.1 Å². The fourth-order valence-electron chi connectivity index (χ4n) is 4.08. The molecule has 1 unspecified atom stereocenters. The van der Waals surface area contributed by atoms with E-state index in [1.165, 1.54) is 12.1 Å². The number of nitrogens with one attached hydrogen (secondary N) is 2. The fourth-order valence-corrected chi connectivity index (χ4v) is 4.08. The van der Waals surface area contributed by atoms with Gasteiger partial charge in [0.1, 0.15) is 5.82 Å². The molecule has 0 saturated carbocycles. The second kappa shape index (κ2) is 7.50. The summed E-state index contributed by atoms with van der Waals surface area (Å²) in [7, 11) is 0. The predicted molar refractivity (Wildman–Crippen MR) is 98.3 cm³/mol. The summed E-state index contributed by atoms with van der Waals surface area (Å²) in [6.07, 6.45) is 5.06. The van der Waals surface area contributed by atoms with E-state index >= 15 is 0 Å². The van der Waals surface area contributed by atoms with Crippen LogP contribution in [0.4, 0.5) is 4.39 Å². The van der Waals surface area contributed by atoms with E-state index < -0.39 is 0 Å². The summed E-state index contributed by atoms with van der Waals surface area (Å²) in [6, 6.07) is 6.51. The van der Waals surface area contributed by atoms with Crippen LogP contribution in [0, 0.1) is 5.82 Å². The average Bonchev–Trinajstić information content (AvgIpc) is 3.31. The molecule has 1 aromatic carbocycles. The molecule has 2 fully saturated rings. The molecule has 2 amide bonds. The van der Waals surface area contributed by atoms with Crippen molar-refractivity contribution >= 4 is 11.8 Å². The molecule has 0 bridgehead atoms. The number of aromatic nitrogens is 2. The average molecular weight is 370 g/mol. The number of nitrogens with zero attached hydrogens (tertiary/aromatic N) is 2. The standard InChI is InChI=1S/C20H23FN4O2/c21-15-3-1-2-14(10-15)17-12-22-24-20(17)13-6-8-25(9-7-13)19(27)11-16-4-5-18(26)23-16/h1-3,10,12-13,16H,4-9,11H2,(H,22,24)(H,23,26). The van der Waals surface area contributed by atoms with Crippen LogP contribution in [0.2, 0.25) is 0 Å².